The molecular formula is C15H17ClN2O3. The van der Waals surface area contributed by atoms with Crippen molar-refractivity contribution in [3.8, 4) is 0 Å². The zero-order chi connectivity index (χ0) is 15.6. The topological polar surface area (TPSA) is 89.3 Å². The molecule has 1 fully saturated rings. The number of rotatable bonds is 6. The largest absolute Gasteiger partial charge is 0.363 e. The smallest absolute Gasteiger partial charge is 0.287 e. The van der Waals surface area contributed by atoms with E-state index < -0.39 is 23.1 Å². The number of nitrogens with two attached hydrogens (primary N) is 1. The van der Waals surface area contributed by atoms with Crippen molar-refractivity contribution in [2.75, 3.05) is 0 Å². The average molecular weight is 309 g/mol. The minimum absolute atomic E-state index is 0.262. The molecule has 0 spiro atoms. The number of nitrogens with one attached hydrogen (secondary N) is 1. The molecule has 1 aliphatic carbocycles. The summed E-state index contributed by atoms with van der Waals surface area (Å²) in [7, 11) is 0. The summed E-state index contributed by atoms with van der Waals surface area (Å²) < 4.78 is 0. The number of hydrogen-bond acceptors (Lipinski definition) is 3. The lowest BCUT2D eigenvalue weighted by Gasteiger charge is -2.28. The van der Waals surface area contributed by atoms with Gasteiger partial charge in [-0.15, -0.1) is 0 Å². The second-order valence-electron chi connectivity index (χ2n) is 5.61. The van der Waals surface area contributed by atoms with Crippen molar-refractivity contribution in [2.45, 2.75) is 31.7 Å². The van der Waals surface area contributed by atoms with Gasteiger partial charge in [0.2, 0.25) is 5.78 Å². The Hall–Kier alpha value is -1.88. The Kier molecular flexibility index (Phi) is 4.32. The van der Waals surface area contributed by atoms with Crippen LogP contribution in [0.25, 0.3) is 0 Å². The van der Waals surface area contributed by atoms with Gasteiger partial charge in [-0.2, -0.15) is 0 Å². The first kappa shape index (κ1) is 15.5. The molecule has 2 amide bonds. The number of carbonyl (C=O) groups excluding carboxylic acids is 3. The van der Waals surface area contributed by atoms with E-state index in [1.807, 2.05) is 0 Å². The van der Waals surface area contributed by atoms with Gasteiger partial charge in [-0.05, 0) is 31.4 Å². The lowest BCUT2D eigenvalue weighted by atomic mass is 9.89. The van der Waals surface area contributed by atoms with Crippen LogP contribution in [0.1, 0.15) is 36.5 Å². The maximum atomic E-state index is 12.3. The molecule has 0 radical (unpaired) electrons. The second-order valence-corrected chi connectivity index (χ2v) is 6.01. The number of ketones is 1. The summed E-state index contributed by atoms with van der Waals surface area (Å²) in [6, 6.07) is 6.53. The Balaban J connectivity index is 2.22. The Morgan fingerprint density at radius 1 is 1.33 bits per heavy atom. The van der Waals surface area contributed by atoms with Gasteiger partial charge in [-0.1, -0.05) is 36.6 Å². The highest BCUT2D eigenvalue weighted by atomic mass is 35.5. The number of Topliss-reactive ketones (excluding diaryl/α,β-unsaturated/α-hetero) is 1. The third-order valence-electron chi connectivity index (χ3n) is 3.63. The molecule has 0 aliphatic heterocycles. The Labute approximate surface area is 127 Å². The number of halogens is 1. The van der Waals surface area contributed by atoms with Crippen molar-refractivity contribution in [3.05, 3.63) is 34.9 Å². The lowest BCUT2D eigenvalue weighted by Crippen LogP contribution is -2.56. The molecule has 0 saturated heterocycles. The fraction of sp³-hybridized carbons (Fsp3) is 0.400. The van der Waals surface area contributed by atoms with E-state index in [2.05, 4.69) is 5.32 Å². The predicted molar refractivity (Wildman–Crippen MR) is 78.9 cm³/mol. The van der Waals surface area contributed by atoms with Crippen molar-refractivity contribution < 1.29 is 14.4 Å². The minimum atomic E-state index is -1.29. The molecule has 112 valence electrons. The first-order valence-electron chi connectivity index (χ1n) is 6.75. The van der Waals surface area contributed by atoms with Crippen LogP contribution in [0.3, 0.4) is 0 Å². The van der Waals surface area contributed by atoms with Crippen molar-refractivity contribution in [3.63, 3.8) is 0 Å². The summed E-state index contributed by atoms with van der Waals surface area (Å²) in [6.45, 7) is 1.53. The molecule has 2 rings (SSSR count). The van der Waals surface area contributed by atoms with Gasteiger partial charge in [0.1, 0.15) is 5.54 Å². The first-order chi connectivity index (χ1) is 9.83. The molecule has 1 saturated carbocycles. The van der Waals surface area contributed by atoms with Gasteiger partial charge in [0.15, 0.2) is 0 Å². The van der Waals surface area contributed by atoms with E-state index in [1.54, 1.807) is 24.3 Å². The van der Waals surface area contributed by atoms with Gasteiger partial charge < -0.3 is 11.1 Å². The van der Waals surface area contributed by atoms with Crippen LogP contribution in [-0.4, -0.2) is 23.1 Å². The maximum Gasteiger partial charge on any atom is 0.287 e. The first-order valence-corrected chi connectivity index (χ1v) is 7.12. The number of carbonyl (C=O) groups is 3. The number of primary amides is 1. The highest BCUT2D eigenvalue weighted by molar-refractivity contribution is 6.39. The zero-order valence-corrected chi connectivity index (χ0v) is 12.4. The van der Waals surface area contributed by atoms with Crippen LogP contribution in [0.4, 0.5) is 0 Å². The summed E-state index contributed by atoms with van der Waals surface area (Å²) in [5.74, 6) is -1.98. The molecule has 1 aromatic rings. The Morgan fingerprint density at radius 3 is 2.48 bits per heavy atom. The normalized spacial score (nSPS) is 16.9. The second kappa shape index (κ2) is 5.85. The van der Waals surface area contributed by atoms with Crippen LogP contribution in [0, 0.1) is 5.92 Å². The van der Waals surface area contributed by atoms with E-state index in [0.29, 0.717) is 12.3 Å². The summed E-state index contributed by atoms with van der Waals surface area (Å²) in [4.78, 5) is 35.6. The van der Waals surface area contributed by atoms with E-state index in [4.69, 9.17) is 17.3 Å². The molecule has 5 nitrogen and oxygen atoms in total. The van der Waals surface area contributed by atoms with Gasteiger partial charge in [0, 0.05) is 0 Å². The third kappa shape index (κ3) is 3.61. The van der Waals surface area contributed by atoms with Gasteiger partial charge in [-0.25, -0.2) is 0 Å². The SMILES string of the molecule is CC(CC1CC1)(NC(=O)c1ccccc1Cl)C(=O)C(N)=O. The zero-order valence-electron chi connectivity index (χ0n) is 11.7. The standard InChI is InChI=1S/C15H17ClN2O3/c1-15(8-9-6-7-9,12(19)13(17)20)18-14(21)10-4-2-3-5-11(10)16/h2-5,9H,6-8H2,1H3,(H2,17,20)(H,18,21). The summed E-state index contributed by atoms with van der Waals surface area (Å²) in [5.41, 5.74) is 4.07. The van der Waals surface area contributed by atoms with Gasteiger partial charge >= 0.3 is 0 Å². The Bertz CT molecular complexity index is 598. The monoisotopic (exact) mass is 308 g/mol. The fourth-order valence-corrected chi connectivity index (χ4v) is 2.56. The number of benzene rings is 1. The molecule has 0 heterocycles. The van der Waals surface area contributed by atoms with Crippen LogP contribution in [-0.2, 0) is 9.59 Å². The van der Waals surface area contributed by atoms with Crippen LogP contribution in [0.15, 0.2) is 24.3 Å². The van der Waals surface area contributed by atoms with Crippen molar-refractivity contribution in [1.82, 2.24) is 5.32 Å². The molecule has 1 atom stereocenters. The molecule has 21 heavy (non-hydrogen) atoms. The minimum Gasteiger partial charge on any atom is -0.363 e. The highest BCUT2D eigenvalue weighted by Crippen LogP contribution is 2.37. The summed E-state index contributed by atoms with van der Waals surface area (Å²) in [5, 5.41) is 2.92. The Morgan fingerprint density at radius 2 is 1.95 bits per heavy atom. The molecular weight excluding hydrogens is 292 g/mol. The van der Waals surface area contributed by atoms with Crippen molar-refractivity contribution >= 4 is 29.2 Å². The van der Waals surface area contributed by atoms with E-state index in [1.165, 1.54) is 6.92 Å². The van der Waals surface area contributed by atoms with Gasteiger partial charge in [0.05, 0.1) is 10.6 Å². The van der Waals surface area contributed by atoms with Gasteiger partial charge in [0.25, 0.3) is 11.8 Å². The van der Waals surface area contributed by atoms with E-state index in [9.17, 15) is 14.4 Å². The quantitative estimate of drug-likeness (QED) is 0.784. The van der Waals surface area contributed by atoms with Gasteiger partial charge in [-0.3, -0.25) is 14.4 Å². The van der Waals surface area contributed by atoms with E-state index >= 15 is 0 Å². The summed E-state index contributed by atoms with van der Waals surface area (Å²) in [6.07, 6.45) is 2.39. The molecule has 1 aliphatic rings. The molecule has 1 unspecified atom stereocenters. The van der Waals surface area contributed by atoms with E-state index in [0.717, 1.165) is 12.8 Å². The van der Waals surface area contributed by atoms with Crippen LogP contribution < -0.4 is 11.1 Å². The fourth-order valence-electron chi connectivity index (χ4n) is 2.33. The van der Waals surface area contributed by atoms with Crippen LogP contribution in [0.2, 0.25) is 5.02 Å². The van der Waals surface area contributed by atoms with Crippen molar-refractivity contribution in [1.29, 1.82) is 0 Å². The van der Waals surface area contributed by atoms with Crippen LogP contribution >= 0.6 is 11.6 Å². The molecule has 3 N–H and O–H groups in total. The lowest BCUT2D eigenvalue weighted by molar-refractivity contribution is -0.139. The molecule has 6 heteroatoms. The average Bonchev–Trinajstić information content (AvgIpc) is 3.21. The third-order valence-corrected chi connectivity index (χ3v) is 3.96. The highest BCUT2D eigenvalue weighted by Gasteiger charge is 2.42. The predicted octanol–water partition coefficient (Wildman–Crippen LogP) is 1.68. The maximum absolute atomic E-state index is 12.3. The van der Waals surface area contributed by atoms with Crippen molar-refractivity contribution in [2.24, 2.45) is 11.7 Å². The molecule has 0 aromatic heterocycles. The number of hydrogen-bond donors (Lipinski definition) is 2. The molecule has 1 aromatic carbocycles. The number of amides is 2. The summed E-state index contributed by atoms with van der Waals surface area (Å²) >= 11 is 5.97. The van der Waals surface area contributed by atoms with E-state index in [-0.39, 0.29) is 10.6 Å². The molecule has 0 bridgehead atoms. The van der Waals surface area contributed by atoms with Crippen LogP contribution in [0.5, 0.6) is 0 Å².